The quantitative estimate of drug-likeness (QED) is 0.839. The Hall–Kier alpha value is 0.240. The van der Waals surface area contributed by atoms with Crippen LogP contribution < -0.4 is 0 Å². The monoisotopic (exact) mass is 252 g/mol. The van der Waals surface area contributed by atoms with E-state index in [9.17, 15) is 5.11 Å². The Morgan fingerprint density at radius 1 is 1.50 bits per heavy atom. The summed E-state index contributed by atoms with van der Waals surface area (Å²) < 4.78 is 1.21. The molecular formula is C10H14Cl2OS. The summed E-state index contributed by atoms with van der Waals surface area (Å²) in [6.07, 6.45) is 0.335. The highest BCUT2D eigenvalue weighted by molar-refractivity contribution is 7.20. The van der Waals surface area contributed by atoms with E-state index in [-0.39, 0.29) is 5.41 Å². The fourth-order valence-corrected chi connectivity index (χ4v) is 2.67. The Bertz CT molecular complexity index is 320. The second kappa shape index (κ2) is 4.40. The average Bonchev–Trinajstić information content (AvgIpc) is 2.44. The van der Waals surface area contributed by atoms with E-state index in [1.54, 1.807) is 6.07 Å². The standard InChI is InChI=1S/C10H14Cl2OS/c1-4-10(2,3)8(13)6-5-7(11)14-9(6)12/h5,8,13H,4H2,1-3H3. The summed E-state index contributed by atoms with van der Waals surface area (Å²) in [6.45, 7) is 6.07. The Kier molecular flexibility index (Phi) is 3.87. The van der Waals surface area contributed by atoms with Gasteiger partial charge in [0.05, 0.1) is 10.4 Å². The fourth-order valence-electron chi connectivity index (χ4n) is 1.15. The Morgan fingerprint density at radius 2 is 2.07 bits per heavy atom. The third-order valence-electron chi connectivity index (χ3n) is 2.63. The number of aliphatic hydroxyl groups is 1. The van der Waals surface area contributed by atoms with Crippen molar-refractivity contribution < 1.29 is 5.11 Å². The van der Waals surface area contributed by atoms with Gasteiger partial charge >= 0.3 is 0 Å². The molecule has 0 spiro atoms. The lowest BCUT2D eigenvalue weighted by molar-refractivity contribution is 0.0470. The molecule has 0 aromatic carbocycles. The lowest BCUT2D eigenvalue weighted by atomic mass is 9.81. The molecule has 1 aromatic heterocycles. The second-order valence-corrected chi connectivity index (χ2v) is 6.31. The maximum atomic E-state index is 10.1. The molecule has 1 nitrogen and oxygen atoms in total. The largest absolute Gasteiger partial charge is 0.388 e. The summed E-state index contributed by atoms with van der Waals surface area (Å²) in [7, 11) is 0. The van der Waals surface area contributed by atoms with E-state index < -0.39 is 6.10 Å². The first kappa shape index (κ1) is 12.3. The van der Waals surface area contributed by atoms with Crippen molar-refractivity contribution in [1.29, 1.82) is 0 Å². The van der Waals surface area contributed by atoms with Crippen molar-refractivity contribution in [3.8, 4) is 0 Å². The summed E-state index contributed by atoms with van der Waals surface area (Å²) in [5, 5.41) is 10.1. The molecule has 0 bridgehead atoms. The predicted molar refractivity (Wildman–Crippen MR) is 63.4 cm³/mol. The normalized spacial score (nSPS) is 14.4. The van der Waals surface area contributed by atoms with Crippen LogP contribution in [0.1, 0.15) is 38.9 Å². The molecule has 0 aliphatic rings. The number of hydrogen-bond donors (Lipinski definition) is 1. The minimum absolute atomic E-state index is 0.173. The van der Waals surface area contributed by atoms with Crippen molar-refractivity contribution in [2.45, 2.75) is 33.3 Å². The van der Waals surface area contributed by atoms with Crippen molar-refractivity contribution in [3.63, 3.8) is 0 Å². The number of hydrogen-bond acceptors (Lipinski definition) is 2. The first-order valence-electron chi connectivity index (χ1n) is 4.51. The molecule has 14 heavy (non-hydrogen) atoms. The molecule has 0 saturated carbocycles. The van der Waals surface area contributed by atoms with Crippen LogP contribution in [0.3, 0.4) is 0 Å². The van der Waals surface area contributed by atoms with Gasteiger partial charge in [0.1, 0.15) is 4.34 Å². The van der Waals surface area contributed by atoms with Crippen LogP contribution in [0.4, 0.5) is 0 Å². The molecule has 1 N–H and O–H groups in total. The van der Waals surface area contributed by atoms with Gasteiger partial charge in [-0.1, -0.05) is 44.0 Å². The molecule has 1 atom stereocenters. The van der Waals surface area contributed by atoms with Crippen LogP contribution in [-0.4, -0.2) is 5.11 Å². The minimum atomic E-state index is -0.552. The van der Waals surface area contributed by atoms with Crippen LogP contribution in [0.15, 0.2) is 6.07 Å². The molecule has 0 fully saturated rings. The Balaban J connectivity index is 3.00. The minimum Gasteiger partial charge on any atom is -0.388 e. The molecular weight excluding hydrogens is 239 g/mol. The average molecular weight is 253 g/mol. The lowest BCUT2D eigenvalue weighted by Crippen LogP contribution is -2.20. The molecule has 4 heteroatoms. The molecule has 0 aliphatic carbocycles. The molecule has 0 aliphatic heterocycles. The van der Waals surface area contributed by atoms with Crippen LogP contribution in [0.2, 0.25) is 8.67 Å². The van der Waals surface area contributed by atoms with Gasteiger partial charge in [-0.15, -0.1) is 11.3 Å². The maximum absolute atomic E-state index is 10.1. The van der Waals surface area contributed by atoms with Gasteiger partial charge in [-0.3, -0.25) is 0 Å². The molecule has 0 amide bonds. The van der Waals surface area contributed by atoms with Crippen LogP contribution in [0, 0.1) is 5.41 Å². The number of thiophene rings is 1. The van der Waals surface area contributed by atoms with Gasteiger partial charge in [0.25, 0.3) is 0 Å². The fraction of sp³-hybridized carbons (Fsp3) is 0.600. The first-order valence-corrected chi connectivity index (χ1v) is 6.08. The van der Waals surface area contributed by atoms with E-state index in [1.165, 1.54) is 11.3 Å². The van der Waals surface area contributed by atoms with Crippen molar-refractivity contribution in [3.05, 3.63) is 20.3 Å². The highest BCUT2D eigenvalue weighted by Gasteiger charge is 2.29. The predicted octanol–water partition coefficient (Wildman–Crippen LogP) is 4.52. The SMILES string of the molecule is CCC(C)(C)C(O)c1cc(Cl)sc1Cl. The van der Waals surface area contributed by atoms with Crippen molar-refractivity contribution >= 4 is 34.5 Å². The summed E-state index contributed by atoms with van der Waals surface area (Å²) in [6, 6.07) is 1.75. The Morgan fingerprint density at radius 3 is 2.43 bits per heavy atom. The summed E-state index contributed by atoms with van der Waals surface area (Å²) in [5.74, 6) is 0. The van der Waals surface area contributed by atoms with Gasteiger partial charge in [-0.25, -0.2) is 0 Å². The zero-order valence-electron chi connectivity index (χ0n) is 8.47. The summed E-state index contributed by atoms with van der Waals surface area (Å²) in [5.41, 5.74) is 0.571. The number of halogens is 2. The van der Waals surface area contributed by atoms with Gasteiger partial charge in [0, 0.05) is 5.56 Å². The molecule has 0 radical (unpaired) electrons. The molecule has 1 unspecified atom stereocenters. The molecule has 1 aromatic rings. The number of aliphatic hydroxyl groups excluding tert-OH is 1. The smallest absolute Gasteiger partial charge is 0.100 e. The summed E-state index contributed by atoms with van der Waals surface area (Å²) >= 11 is 13.1. The van der Waals surface area contributed by atoms with Crippen molar-refractivity contribution in [2.24, 2.45) is 5.41 Å². The molecule has 80 valence electrons. The Labute approximate surface area is 98.7 Å². The van der Waals surface area contributed by atoms with Gasteiger partial charge in [-0.2, -0.15) is 0 Å². The van der Waals surface area contributed by atoms with Crippen LogP contribution in [0.25, 0.3) is 0 Å². The highest BCUT2D eigenvalue weighted by atomic mass is 35.5. The summed E-state index contributed by atoms with van der Waals surface area (Å²) in [4.78, 5) is 0. The zero-order chi connectivity index (χ0) is 10.9. The molecule has 0 saturated heterocycles. The third kappa shape index (κ3) is 2.43. The second-order valence-electron chi connectivity index (χ2n) is 4.02. The van der Waals surface area contributed by atoms with E-state index in [2.05, 4.69) is 0 Å². The van der Waals surface area contributed by atoms with Gasteiger partial charge in [-0.05, 0) is 17.9 Å². The van der Waals surface area contributed by atoms with Gasteiger partial charge in [0.15, 0.2) is 0 Å². The highest BCUT2D eigenvalue weighted by Crippen LogP contribution is 2.43. The van der Waals surface area contributed by atoms with E-state index >= 15 is 0 Å². The van der Waals surface area contributed by atoms with E-state index in [0.29, 0.717) is 8.67 Å². The van der Waals surface area contributed by atoms with Crippen LogP contribution in [0.5, 0.6) is 0 Å². The first-order chi connectivity index (χ1) is 6.38. The number of rotatable bonds is 3. The molecule has 1 rings (SSSR count). The van der Waals surface area contributed by atoms with E-state index in [1.807, 2.05) is 20.8 Å². The van der Waals surface area contributed by atoms with E-state index in [0.717, 1.165) is 12.0 Å². The van der Waals surface area contributed by atoms with Crippen molar-refractivity contribution in [1.82, 2.24) is 0 Å². The van der Waals surface area contributed by atoms with Crippen LogP contribution in [-0.2, 0) is 0 Å². The maximum Gasteiger partial charge on any atom is 0.100 e. The van der Waals surface area contributed by atoms with Gasteiger partial charge < -0.3 is 5.11 Å². The third-order valence-corrected chi connectivity index (χ3v) is 4.15. The lowest BCUT2D eigenvalue weighted by Gasteiger charge is -2.29. The van der Waals surface area contributed by atoms with Crippen LogP contribution >= 0.6 is 34.5 Å². The zero-order valence-corrected chi connectivity index (χ0v) is 10.8. The van der Waals surface area contributed by atoms with Crippen molar-refractivity contribution in [2.75, 3.05) is 0 Å². The topological polar surface area (TPSA) is 20.2 Å². The van der Waals surface area contributed by atoms with E-state index in [4.69, 9.17) is 23.2 Å². The molecule has 1 heterocycles. The van der Waals surface area contributed by atoms with Gasteiger partial charge in [0.2, 0.25) is 0 Å².